The Labute approximate surface area is 116 Å². The largest absolute Gasteiger partial charge is 0.369 e. The molecule has 0 bridgehead atoms. The summed E-state index contributed by atoms with van der Waals surface area (Å²) >= 11 is 6.17. The van der Waals surface area contributed by atoms with Gasteiger partial charge >= 0.3 is 0 Å². The summed E-state index contributed by atoms with van der Waals surface area (Å²) < 4.78 is 1.96. The summed E-state index contributed by atoms with van der Waals surface area (Å²) in [6.07, 6.45) is 0.940. The molecule has 2 aromatic carbocycles. The van der Waals surface area contributed by atoms with E-state index in [2.05, 4.69) is 24.0 Å². The van der Waals surface area contributed by atoms with Gasteiger partial charge in [-0.05, 0) is 30.2 Å². The fourth-order valence-corrected chi connectivity index (χ4v) is 2.58. The van der Waals surface area contributed by atoms with Gasteiger partial charge in [-0.15, -0.1) is 0 Å². The third-order valence-electron chi connectivity index (χ3n) is 3.28. The maximum atomic E-state index is 6.17. The highest BCUT2D eigenvalue weighted by Crippen LogP contribution is 2.29. The minimum absolute atomic E-state index is 0.462. The number of rotatable bonds is 2. The lowest BCUT2D eigenvalue weighted by Crippen LogP contribution is -2.03. The van der Waals surface area contributed by atoms with Crippen molar-refractivity contribution >= 4 is 28.6 Å². The first-order valence-electron chi connectivity index (χ1n) is 6.23. The molecule has 0 aliphatic carbocycles. The average molecular weight is 272 g/mol. The zero-order chi connectivity index (χ0) is 13.4. The van der Waals surface area contributed by atoms with Crippen molar-refractivity contribution in [3.63, 3.8) is 0 Å². The third-order valence-corrected chi connectivity index (χ3v) is 3.58. The molecule has 0 fully saturated rings. The van der Waals surface area contributed by atoms with Crippen LogP contribution in [0.3, 0.4) is 0 Å². The van der Waals surface area contributed by atoms with Crippen LogP contribution in [0.15, 0.2) is 42.5 Å². The third kappa shape index (κ3) is 1.87. The molecule has 0 amide bonds. The van der Waals surface area contributed by atoms with Crippen LogP contribution in [0.5, 0.6) is 0 Å². The van der Waals surface area contributed by atoms with Crippen LogP contribution in [0.4, 0.5) is 5.95 Å². The minimum Gasteiger partial charge on any atom is -0.369 e. The SMILES string of the molecule is CCc1ccccc1-n1c(N)nc2c(Cl)cccc21. The Morgan fingerprint density at radius 1 is 1.16 bits per heavy atom. The highest BCUT2D eigenvalue weighted by Gasteiger charge is 2.13. The number of nitrogen functional groups attached to an aromatic ring is 1. The van der Waals surface area contributed by atoms with E-state index in [0.717, 1.165) is 23.1 Å². The van der Waals surface area contributed by atoms with Crippen molar-refractivity contribution in [1.82, 2.24) is 9.55 Å². The normalized spacial score (nSPS) is 11.1. The predicted octanol–water partition coefficient (Wildman–Crippen LogP) is 3.82. The van der Waals surface area contributed by atoms with Crippen molar-refractivity contribution in [1.29, 1.82) is 0 Å². The van der Waals surface area contributed by atoms with Gasteiger partial charge in [-0.25, -0.2) is 4.98 Å². The van der Waals surface area contributed by atoms with E-state index in [4.69, 9.17) is 17.3 Å². The van der Waals surface area contributed by atoms with Gasteiger partial charge < -0.3 is 5.73 Å². The molecule has 0 saturated carbocycles. The summed E-state index contributed by atoms with van der Waals surface area (Å²) in [6, 6.07) is 13.9. The molecule has 2 N–H and O–H groups in total. The number of halogens is 1. The quantitative estimate of drug-likeness (QED) is 0.770. The molecule has 0 aliphatic heterocycles. The first-order chi connectivity index (χ1) is 9.22. The number of nitrogens with zero attached hydrogens (tertiary/aromatic N) is 2. The molecule has 3 aromatic rings. The molecule has 0 atom stereocenters. The molecule has 3 nitrogen and oxygen atoms in total. The Kier molecular flexibility index (Phi) is 2.91. The van der Waals surface area contributed by atoms with Crippen molar-refractivity contribution < 1.29 is 0 Å². The van der Waals surface area contributed by atoms with Gasteiger partial charge in [0, 0.05) is 0 Å². The van der Waals surface area contributed by atoms with Crippen LogP contribution in [0.2, 0.25) is 5.02 Å². The number of hydrogen-bond donors (Lipinski definition) is 1. The van der Waals surface area contributed by atoms with Crippen LogP contribution in [-0.2, 0) is 6.42 Å². The van der Waals surface area contributed by atoms with E-state index in [1.807, 2.05) is 34.9 Å². The summed E-state index contributed by atoms with van der Waals surface area (Å²) in [5, 5.41) is 0.622. The van der Waals surface area contributed by atoms with Crippen molar-refractivity contribution in [3.8, 4) is 5.69 Å². The van der Waals surface area contributed by atoms with Crippen LogP contribution in [0, 0.1) is 0 Å². The highest BCUT2D eigenvalue weighted by atomic mass is 35.5. The van der Waals surface area contributed by atoms with E-state index in [-0.39, 0.29) is 0 Å². The summed E-state index contributed by atoms with van der Waals surface area (Å²) in [5.74, 6) is 0.462. The fourth-order valence-electron chi connectivity index (χ4n) is 2.36. The van der Waals surface area contributed by atoms with E-state index < -0.39 is 0 Å². The fraction of sp³-hybridized carbons (Fsp3) is 0.133. The molecule has 3 rings (SSSR count). The van der Waals surface area contributed by atoms with Gasteiger partial charge in [0.15, 0.2) is 0 Å². The Morgan fingerprint density at radius 3 is 2.74 bits per heavy atom. The van der Waals surface area contributed by atoms with Crippen molar-refractivity contribution in [3.05, 3.63) is 53.1 Å². The lowest BCUT2D eigenvalue weighted by molar-refractivity contribution is 1.04. The number of anilines is 1. The molecule has 19 heavy (non-hydrogen) atoms. The molecule has 0 spiro atoms. The minimum atomic E-state index is 0.462. The standard InChI is InChI=1S/C15H14ClN3/c1-2-10-6-3-4-8-12(10)19-13-9-5-7-11(16)14(13)18-15(19)17/h3-9H,2H2,1H3,(H2,17,18). The summed E-state index contributed by atoms with van der Waals surface area (Å²) in [4.78, 5) is 4.37. The number of imidazole rings is 1. The number of para-hydroxylation sites is 2. The number of nitrogens with two attached hydrogens (primary N) is 1. The van der Waals surface area contributed by atoms with Gasteiger partial charge in [-0.2, -0.15) is 0 Å². The van der Waals surface area contributed by atoms with E-state index in [0.29, 0.717) is 11.0 Å². The van der Waals surface area contributed by atoms with E-state index in [1.165, 1.54) is 5.56 Å². The predicted molar refractivity (Wildman–Crippen MR) is 79.9 cm³/mol. The van der Waals surface area contributed by atoms with Crippen molar-refractivity contribution in [2.75, 3.05) is 5.73 Å². The van der Waals surface area contributed by atoms with Gasteiger partial charge in [0.25, 0.3) is 0 Å². The maximum Gasteiger partial charge on any atom is 0.205 e. The van der Waals surface area contributed by atoms with Gasteiger partial charge in [0.05, 0.1) is 16.2 Å². The van der Waals surface area contributed by atoms with Gasteiger partial charge in [-0.1, -0.05) is 42.8 Å². The summed E-state index contributed by atoms with van der Waals surface area (Å²) in [6.45, 7) is 2.13. The first-order valence-corrected chi connectivity index (χ1v) is 6.61. The topological polar surface area (TPSA) is 43.8 Å². The maximum absolute atomic E-state index is 6.17. The Morgan fingerprint density at radius 2 is 1.95 bits per heavy atom. The second-order valence-corrected chi connectivity index (χ2v) is 4.80. The second-order valence-electron chi connectivity index (χ2n) is 4.40. The zero-order valence-corrected chi connectivity index (χ0v) is 11.4. The second kappa shape index (κ2) is 4.59. The first kappa shape index (κ1) is 12.1. The molecule has 0 aliphatic rings. The van der Waals surface area contributed by atoms with Crippen LogP contribution < -0.4 is 5.73 Å². The molecule has 0 saturated heterocycles. The Bertz CT molecular complexity index is 746. The highest BCUT2D eigenvalue weighted by molar-refractivity contribution is 6.35. The van der Waals surface area contributed by atoms with E-state index in [1.54, 1.807) is 0 Å². The summed E-state index contributed by atoms with van der Waals surface area (Å²) in [7, 11) is 0. The molecule has 96 valence electrons. The Hall–Kier alpha value is -2.00. The molecule has 1 heterocycles. The molecule has 1 aromatic heterocycles. The van der Waals surface area contributed by atoms with Crippen LogP contribution in [0.1, 0.15) is 12.5 Å². The lowest BCUT2D eigenvalue weighted by Gasteiger charge is -2.11. The number of hydrogen-bond acceptors (Lipinski definition) is 2. The molecule has 4 heteroatoms. The van der Waals surface area contributed by atoms with Crippen LogP contribution in [-0.4, -0.2) is 9.55 Å². The number of aromatic nitrogens is 2. The van der Waals surface area contributed by atoms with Crippen LogP contribution >= 0.6 is 11.6 Å². The summed E-state index contributed by atoms with van der Waals surface area (Å²) in [5.41, 5.74) is 10.0. The van der Waals surface area contributed by atoms with E-state index >= 15 is 0 Å². The monoisotopic (exact) mass is 271 g/mol. The van der Waals surface area contributed by atoms with Gasteiger partial charge in [0.2, 0.25) is 5.95 Å². The smallest absolute Gasteiger partial charge is 0.205 e. The van der Waals surface area contributed by atoms with Gasteiger partial charge in [-0.3, -0.25) is 4.57 Å². The van der Waals surface area contributed by atoms with Crippen molar-refractivity contribution in [2.24, 2.45) is 0 Å². The molecule has 0 radical (unpaired) electrons. The number of aryl methyl sites for hydroxylation is 1. The molecule has 0 unspecified atom stereocenters. The molecular weight excluding hydrogens is 258 g/mol. The zero-order valence-electron chi connectivity index (χ0n) is 10.6. The van der Waals surface area contributed by atoms with Crippen LogP contribution in [0.25, 0.3) is 16.7 Å². The van der Waals surface area contributed by atoms with Gasteiger partial charge in [0.1, 0.15) is 5.52 Å². The number of benzene rings is 2. The van der Waals surface area contributed by atoms with Crippen molar-refractivity contribution in [2.45, 2.75) is 13.3 Å². The lowest BCUT2D eigenvalue weighted by atomic mass is 10.1. The number of fused-ring (bicyclic) bond motifs is 1. The average Bonchev–Trinajstić information content (AvgIpc) is 2.76. The molecular formula is C15H14ClN3. The van der Waals surface area contributed by atoms with E-state index in [9.17, 15) is 0 Å². The Balaban J connectivity index is 2.37.